The third-order valence-electron chi connectivity index (χ3n) is 5.43. The number of rotatable bonds is 12. The molecule has 3 rings (SSSR count). The molecular weight excluding hydrogens is 384 g/mol. The van der Waals surface area contributed by atoms with E-state index in [1.807, 2.05) is 30.3 Å². The third kappa shape index (κ3) is 7.66. The smallest absolute Gasteiger partial charge is 0.0900 e. The average Bonchev–Trinajstić information content (AvgIpc) is 3.16. The Morgan fingerprint density at radius 1 is 0.935 bits per heavy atom. The molecule has 0 amide bonds. The van der Waals surface area contributed by atoms with Crippen LogP contribution in [0.15, 0.2) is 72.9 Å². The largest absolute Gasteiger partial charge is 0.389 e. The molecule has 4 nitrogen and oxygen atoms in total. The van der Waals surface area contributed by atoms with Gasteiger partial charge in [0, 0.05) is 38.1 Å². The van der Waals surface area contributed by atoms with Crippen LogP contribution in [0.5, 0.6) is 0 Å². The van der Waals surface area contributed by atoms with Crippen LogP contribution in [-0.4, -0.2) is 40.4 Å². The predicted octanol–water partition coefficient (Wildman–Crippen LogP) is 4.88. The zero-order chi connectivity index (χ0) is 22.1. The molecule has 31 heavy (non-hydrogen) atoms. The molecule has 0 aliphatic rings. The van der Waals surface area contributed by atoms with Crippen molar-refractivity contribution in [2.24, 2.45) is 5.92 Å². The van der Waals surface area contributed by atoms with Crippen molar-refractivity contribution >= 4 is 0 Å². The number of nitrogens with zero attached hydrogens (tertiary/aromatic N) is 2. The lowest BCUT2D eigenvalue weighted by Gasteiger charge is -2.27. The molecule has 0 aliphatic heterocycles. The first-order valence-electron chi connectivity index (χ1n) is 11.2. The Morgan fingerprint density at radius 3 is 2.42 bits per heavy atom. The van der Waals surface area contributed by atoms with Crippen molar-refractivity contribution in [3.05, 3.63) is 95.3 Å². The van der Waals surface area contributed by atoms with E-state index in [4.69, 9.17) is 4.74 Å². The molecule has 0 aliphatic carbocycles. The number of hydrogen-bond donors (Lipinski definition) is 1. The first-order valence-corrected chi connectivity index (χ1v) is 11.2. The topological polar surface area (TPSA) is 37.6 Å². The Kier molecular flexibility index (Phi) is 8.89. The highest BCUT2D eigenvalue weighted by Gasteiger charge is 2.16. The molecule has 1 aromatic heterocycles. The standard InChI is InChI=1S/C27H36N2O2/c1-22(2)16-28(19-27(30)21-31-20-24-11-5-4-6-12-24)18-26-14-9-15-29(26)17-25-13-8-7-10-23(25)3/h4-15,22,27,30H,16-21H2,1-3H3/t27-/m0/s1. The molecule has 0 fully saturated rings. The lowest BCUT2D eigenvalue weighted by atomic mass is 10.1. The molecule has 1 atom stereocenters. The maximum Gasteiger partial charge on any atom is 0.0900 e. The maximum absolute atomic E-state index is 10.6. The Bertz CT molecular complexity index is 904. The summed E-state index contributed by atoms with van der Waals surface area (Å²) < 4.78 is 8.07. The van der Waals surface area contributed by atoms with Crippen LogP contribution in [0.25, 0.3) is 0 Å². The van der Waals surface area contributed by atoms with Crippen molar-refractivity contribution in [3.8, 4) is 0 Å². The highest BCUT2D eigenvalue weighted by atomic mass is 16.5. The van der Waals surface area contributed by atoms with Gasteiger partial charge in [-0.1, -0.05) is 68.4 Å². The van der Waals surface area contributed by atoms with E-state index in [-0.39, 0.29) is 0 Å². The van der Waals surface area contributed by atoms with Crippen molar-refractivity contribution in [3.63, 3.8) is 0 Å². The lowest BCUT2D eigenvalue weighted by molar-refractivity contribution is 0.00644. The summed E-state index contributed by atoms with van der Waals surface area (Å²) in [6.45, 7) is 10.7. The fourth-order valence-electron chi connectivity index (χ4n) is 3.91. The van der Waals surface area contributed by atoms with E-state index in [1.165, 1.54) is 16.8 Å². The molecule has 0 bridgehead atoms. The normalized spacial score (nSPS) is 12.6. The number of hydrogen-bond acceptors (Lipinski definition) is 3. The minimum absolute atomic E-state index is 0.341. The van der Waals surface area contributed by atoms with Crippen molar-refractivity contribution in [2.45, 2.75) is 46.6 Å². The molecule has 0 spiro atoms. The monoisotopic (exact) mass is 420 g/mol. The van der Waals surface area contributed by atoms with Gasteiger partial charge in [-0.3, -0.25) is 4.90 Å². The molecule has 1 heterocycles. The van der Waals surface area contributed by atoms with Gasteiger partial charge in [-0.15, -0.1) is 0 Å². The van der Waals surface area contributed by atoms with E-state index in [2.05, 4.69) is 72.8 Å². The summed E-state index contributed by atoms with van der Waals surface area (Å²) in [5.74, 6) is 0.525. The average molecular weight is 421 g/mol. The molecule has 0 saturated heterocycles. The summed E-state index contributed by atoms with van der Waals surface area (Å²) in [4.78, 5) is 2.34. The maximum atomic E-state index is 10.6. The second-order valence-corrected chi connectivity index (χ2v) is 8.80. The zero-order valence-corrected chi connectivity index (χ0v) is 19.1. The molecule has 1 N–H and O–H groups in total. The predicted molar refractivity (Wildman–Crippen MR) is 127 cm³/mol. The number of benzene rings is 2. The van der Waals surface area contributed by atoms with E-state index >= 15 is 0 Å². The summed E-state index contributed by atoms with van der Waals surface area (Å²) in [7, 11) is 0. The summed E-state index contributed by atoms with van der Waals surface area (Å²) in [6, 6.07) is 22.9. The second kappa shape index (κ2) is 11.8. The molecule has 4 heteroatoms. The van der Waals surface area contributed by atoms with Crippen LogP contribution in [0.4, 0.5) is 0 Å². The highest BCUT2D eigenvalue weighted by Crippen LogP contribution is 2.15. The van der Waals surface area contributed by atoms with E-state index < -0.39 is 6.10 Å². The van der Waals surface area contributed by atoms with Gasteiger partial charge in [-0.05, 0) is 41.7 Å². The van der Waals surface area contributed by atoms with Crippen molar-refractivity contribution < 1.29 is 9.84 Å². The van der Waals surface area contributed by atoms with Crippen molar-refractivity contribution in [1.29, 1.82) is 0 Å². The fourth-order valence-corrected chi connectivity index (χ4v) is 3.91. The Balaban J connectivity index is 1.57. The molecule has 166 valence electrons. The van der Waals surface area contributed by atoms with Gasteiger partial charge in [0.2, 0.25) is 0 Å². The van der Waals surface area contributed by atoms with Gasteiger partial charge in [0.1, 0.15) is 0 Å². The molecular formula is C27H36N2O2. The zero-order valence-electron chi connectivity index (χ0n) is 19.1. The van der Waals surface area contributed by atoms with Gasteiger partial charge in [-0.2, -0.15) is 0 Å². The highest BCUT2D eigenvalue weighted by molar-refractivity contribution is 5.26. The first-order chi connectivity index (χ1) is 15.0. The van der Waals surface area contributed by atoms with Crippen LogP contribution in [0.1, 0.15) is 36.2 Å². The Hall–Kier alpha value is -2.40. The number of aliphatic hydroxyl groups excluding tert-OH is 1. The minimum Gasteiger partial charge on any atom is -0.389 e. The minimum atomic E-state index is -0.512. The SMILES string of the molecule is Cc1ccccc1Cn1cccc1CN(CC(C)C)C[C@H](O)COCc1ccccc1. The molecule has 3 aromatic rings. The van der Waals surface area contributed by atoms with Crippen LogP contribution >= 0.6 is 0 Å². The van der Waals surface area contributed by atoms with Gasteiger partial charge < -0.3 is 14.4 Å². The first kappa shape index (κ1) is 23.3. The van der Waals surface area contributed by atoms with Crippen LogP contribution in [-0.2, 0) is 24.4 Å². The van der Waals surface area contributed by atoms with E-state index in [1.54, 1.807) is 0 Å². The Labute approximate surface area is 187 Å². The van der Waals surface area contributed by atoms with Crippen LogP contribution in [0, 0.1) is 12.8 Å². The summed E-state index contributed by atoms with van der Waals surface area (Å²) in [6.07, 6.45) is 1.64. The lowest BCUT2D eigenvalue weighted by Crippen LogP contribution is -2.37. The van der Waals surface area contributed by atoms with Crippen LogP contribution < -0.4 is 0 Å². The number of aromatic nitrogens is 1. The quantitative estimate of drug-likeness (QED) is 0.454. The van der Waals surface area contributed by atoms with E-state index in [0.29, 0.717) is 25.7 Å². The molecule has 0 unspecified atom stereocenters. The summed E-state index contributed by atoms with van der Waals surface area (Å²) >= 11 is 0. The van der Waals surface area contributed by atoms with E-state index in [0.717, 1.165) is 25.2 Å². The van der Waals surface area contributed by atoms with Crippen LogP contribution in [0.3, 0.4) is 0 Å². The van der Waals surface area contributed by atoms with E-state index in [9.17, 15) is 5.11 Å². The Morgan fingerprint density at radius 2 is 1.68 bits per heavy atom. The number of aryl methyl sites for hydroxylation is 1. The van der Waals surface area contributed by atoms with Crippen LogP contribution in [0.2, 0.25) is 0 Å². The van der Waals surface area contributed by atoms with Gasteiger partial charge in [0.05, 0.1) is 19.3 Å². The molecule has 2 aromatic carbocycles. The van der Waals surface area contributed by atoms with Gasteiger partial charge in [-0.25, -0.2) is 0 Å². The summed E-state index contributed by atoms with van der Waals surface area (Å²) in [5.41, 5.74) is 5.04. The summed E-state index contributed by atoms with van der Waals surface area (Å²) in [5, 5.41) is 10.6. The number of ether oxygens (including phenoxy) is 1. The second-order valence-electron chi connectivity index (χ2n) is 8.80. The fraction of sp³-hybridized carbons (Fsp3) is 0.407. The van der Waals surface area contributed by atoms with Gasteiger partial charge in [0.15, 0.2) is 0 Å². The number of aliphatic hydroxyl groups is 1. The molecule has 0 saturated carbocycles. The van der Waals surface area contributed by atoms with Gasteiger partial charge >= 0.3 is 0 Å². The molecule has 0 radical (unpaired) electrons. The van der Waals surface area contributed by atoms with Crippen molar-refractivity contribution in [1.82, 2.24) is 9.47 Å². The van der Waals surface area contributed by atoms with Crippen molar-refractivity contribution in [2.75, 3.05) is 19.7 Å². The third-order valence-corrected chi connectivity index (χ3v) is 5.43. The van der Waals surface area contributed by atoms with Gasteiger partial charge in [0.25, 0.3) is 0 Å².